The third-order valence-corrected chi connectivity index (χ3v) is 6.72. The van der Waals surface area contributed by atoms with Crippen LogP contribution in [0.3, 0.4) is 0 Å². The van der Waals surface area contributed by atoms with Crippen LogP contribution in [-0.4, -0.2) is 43.0 Å². The van der Waals surface area contributed by atoms with Gasteiger partial charge in [0.25, 0.3) is 0 Å². The average Bonchev–Trinajstić information content (AvgIpc) is 3.13. The van der Waals surface area contributed by atoms with E-state index in [2.05, 4.69) is 40.0 Å². The van der Waals surface area contributed by atoms with Crippen molar-refractivity contribution in [2.75, 3.05) is 31.6 Å². The predicted octanol–water partition coefficient (Wildman–Crippen LogP) is 5.95. The number of carbonyl (C=O) groups excluding carboxylic acids is 2. The Morgan fingerprint density at radius 3 is 2.47 bits per heavy atom. The second-order valence-corrected chi connectivity index (χ2v) is 9.05. The van der Waals surface area contributed by atoms with Crippen molar-refractivity contribution >= 4 is 54.2 Å². The molecule has 0 unspecified atom stereocenters. The molecule has 0 saturated carbocycles. The van der Waals surface area contributed by atoms with E-state index in [4.69, 9.17) is 9.47 Å². The van der Waals surface area contributed by atoms with Crippen LogP contribution < -0.4 is 14.8 Å². The van der Waals surface area contributed by atoms with Crippen molar-refractivity contribution in [3.05, 3.63) is 52.5 Å². The summed E-state index contributed by atoms with van der Waals surface area (Å²) in [6, 6.07) is 12.6. The van der Waals surface area contributed by atoms with E-state index in [1.807, 2.05) is 18.2 Å². The number of halogens is 1. The number of rotatable bonds is 10. The normalized spacial score (nSPS) is 11.0. The van der Waals surface area contributed by atoms with E-state index in [-0.39, 0.29) is 5.91 Å². The highest BCUT2D eigenvalue weighted by molar-refractivity contribution is 9.10. The number of nitrogens with zero attached hydrogens (tertiary/aromatic N) is 1. The Hall–Kier alpha value is -2.42. The molecule has 0 aliphatic carbocycles. The number of amides is 1. The number of hydrogen-bond acceptors (Lipinski definition) is 6. The fourth-order valence-electron chi connectivity index (χ4n) is 3.35. The van der Waals surface area contributed by atoms with Gasteiger partial charge >= 0.3 is 5.97 Å². The molecule has 3 aromatic rings. The largest absolute Gasteiger partial charge is 0.491 e. The molecule has 1 amide bonds. The van der Waals surface area contributed by atoms with Crippen molar-refractivity contribution in [2.45, 2.75) is 27.2 Å². The van der Waals surface area contributed by atoms with Gasteiger partial charge in [-0.1, -0.05) is 38.1 Å². The molecule has 0 fully saturated rings. The summed E-state index contributed by atoms with van der Waals surface area (Å²) in [7, 11) is 0. The summed E-state index contributed by atoms with van der Waals surface area (Å²) in [6.07, 6.45) is 0.886. The first-order valence-corrected chi connectivity index (χ1v) is 12.2. The molecule has 0 aliphatic rings. The van der Waals surface area contributed by atoms with Gasteiger partial charge in [-0.15, -0.1) is 11.3 Å². The van der Waals surface area contributed by atoms with E-state index in [9.17, 15) is 9.59 Å². The lowest BCUT2D eigenvalue weighted by molar-refractivity contribution is -0.114. The van der Waals surface area contributed by atoms with E-state index < -0.39 is 5.97 Å². The Morgan fingerprint density at radius 2 is 1.81 bits per heavy atom. The lowest BCUT2D eigenvalue weighted by Gasteiger charge is -2.18. The van der Waals surface area contributed by atoms with Gasteiger partial charge in [0.1, 0.15) is 16.3 Å². The van der Waals surface area contributed by atoms with Crippen molar-refractivity contribution < 1.29 is 19.1 Å². The molecule has 1 aromatic heterocycles. The average molecular weight is 519 g/mol. The van der Waals surface area contributed by atoms with Crippen LogP contribution in [0.15, 0.2) is 46.9 Å². The number of ether oxygens (including phenoxy) is 2. The van der Waals surface area contributed by atoms with Gasteiger partial charge in [0.05, 0.1) is 15.8 Å². The van der Waals surface area contributed by atoms with Crippen molar-refractivity contribution in [1.82, 2.24) is 4.90 Å². The number of esters is 1. The van der Waals surface area contributed by atoms with Crippen LogP contribution in [0.5, 0.6) is 11.5 Å². The quantitative estimate of drug-likeness (QED) is 0.204. The Kier molecular flexibility index (Phi) is 8.67. The number of benzene rings is 2. The summed E-state index contributed by atoms with van der Waals surface area (Å²) in [4.78, 5) is 27.2. The van der Waals surface area contributed by atoms with Crippen LogP contribution >= 0.6 is 27.3 Å². The summed E-state index contributed by atoms with van der Waals surface area (Å²) in [5.74, 6) is 0.320. The zero-order valence-corrected chi connectivity index (χ0v) is 20.8. The van der Waals surface area contributed by atoms with E-state index in [1.165, 1.54) is 18.3 Å². The third-order valence-electron chi connectivity index (χ3n) is 4.97. The standard InChI is InChI=1S/C24H27BrN2O4S/c1-4-27(5-2)14-9-15-30-21-19(25)13-12-18-20(23(26-16(3)28)32-22(18)21)24(29)31-17-10-7-6-8-11-17/h6-8,10-13H,4-5,9,14-15H2,1-3H3,(H,26,28). The van der Waals surface area contributed by atoms with E-state index >= 15 is 0 Å². The number of nitrogens with one attached hydrogen (secondary N) is 1. The zero-order valence-electron chi connectivity index (χ0n) is 18.4. The summed E-state index contributed by atoms with van der Waals surface area (Å²) in [5.41, 5.74) is 0.324. The highest BCUT2D eigenvalue weighted by atomic mass is 79.9. The van der Waals surface area contributed by atoms with Gasteiger partial charge in [0.2, 0.25) is 5.91 Å². The first-order chi connectivity index (χ1) is 15.4. The fraction of sp³-hybridized carbons (Fsp3) is 0.333. The molecule has 0 spiro atoms. The van der Waals surface area contributed by atoms with Gasteiger partial charge in [-0.2, -0.15) is 0 Å². The predicted molar refractivity (Wildman–Crippen MR) is 133 cm³/mol. The number of fused-ring (bicyclic) bond motifs is 1. The molecule has 2 aromatic carbocycles. The Balaban J connectivity index is 1.92. The maximum absolute atomic E-state index is 13.1. The molecule has 32 heavy (non-hydrogen) atoms. The van der Waals surface area contributed by atoms with E-state index in [0.717, 1.165) is 35.2 Å². The molecule has 6 nitrogen and oxygen atoms in total. The van der Waals surface area contributed by atoms with Gasteiger partial charge in [-0.3, -0.25) is 4.79 Å². The molecule has 170 valence electrons. The van der Waals surface area contributed by atoms with Crippen LogP contribution in [0.2, 0.25) is 0 Å². The molecule has 1 N–H and O–H groups in total. The Bertz CT molecular complexity index is 1080. The lowest BCUT2D eigenvalue weighted by atomic mass is 10.1. The van der Waals surface area contributed by atoms with Gasteiger partial charge in [0, 0.05) is 18.9 Å². The number of hydrogen-bond donors (Lipinski definition) is 1. The molecular weight excluding hydrogens is 492 g/mol. The van der Waals surface area contributed by atoms with Crippen molar-refractivity contribution in [1.29, 1.82) is 0 Å². The van der Waals surface area contributed by atoms with Gasteiger partial charge in [0.15, 0.2) is 5.75 Å². The summed E-state index contributed by atoms with van der Waals surface area (Å²) < 4.78 is 13.3. The minimum Gasteiger partial charge on any atom is -0.491 e. The van der Waals surface area contributed by atoms with Crippen LogP contribution in [-0.2, 0) is 4.79 Å². The van der Waals surface area contributed by atoms with Crippen LogP contribution in [0.25, 0.3) is 10.1 Å². The number of anilines is 1. The Labute approximate surface area is 200 Å². The van der Waals surface area contributed by atoms with Crippen molar-refractivity contribution in [3.63, 3.8) is 0 Å². The topological polar surface area (TPSA) is 67.9 Å². The maximum atomic E-state index is 13.1. The first-order valence-electron chi connectivity index (χ1n) is 10.6. The summed E-state index contributed by atoms with van der Waals surface area (Å²) in [6.45, 7) is 9.22. The summed E-state index contributed by atoms with van der Waals surface area (Å²) >= 11 is 4.88. The van der Waals surface area contributed by atoms with E-state index in [0.29, 0.717) is 34.1 Å². The molecule has 0 radical (unpaired) electrons. The highest BCUT2D eigenvalue weighted by Gasteiger charge is 2.25. The van der Waals surface area contributed by atoms with Crippen LogP contribution in [0.1, 0.15) is 37.6 Å². The smallest absolute Gasteiger partial charge is 0.347 e. The number of para-hydroxylation sites is 1. The van der Waals surface area contributed by atoms with Gasteiger partial charge in [-0.25, -0.2) is 4.79 Å². The van der Waals surface area contributed by atoms with Crippen LogP contribution in [0, 0.1) is 0 Å². The first kappa shape index (κ1) is 24.2. The molecule has 8 heteroatoms. The van der Waals surface area contributed by atoms with E-state index in [1.54, 1.807) is 24.3 Å². The molecule has 0 bridgehead atoms. The number of thiophene rings is 1. The Morgan fingerprint density at radius 1 is 1.09 bits per heavy atom. The maximum Gasteiger partial charge on any atom is 0.347 e. The molecule has 0 aliphatic heterocycles. The fourth-order valence-corrected chi connectivity index (χ4v) is 5.16. The minimum absolute atomic E-state index is 0.258. The van der Waals surface area contributed by atoms with Crippen LogP contribution in [0.4, 0.5) is 5.00 Å². The lowest BCUT2D eigenvalue weighted by Crippen LogP contribution is -2.25. The zero-order chi connectivity index (χ0) is 23.1. The van der Waals surface area contributed by atoms with Crippen molar-refractivity contribution in [3.8, 4) is 11.5 Å². The van der Waals surface area contributed by atoms with Gasteiger partial charge < -0.3 is 19.7 Å². The molecule has 0 atom stereocenters. The number of carbonyl (C=O) groups is 2. The summed E-state index contributed by atoms with van der Waals surface area (Å²) in [5, 5.41) is 3.90. The monoisotopic (exact) mass is 518 g/mol. The van der Waals surface area contributed by atoms with Crippen molar-refractivity contribution in [2.24, 2.45) is 0 Å². The minimum atomic E-state index is -0.527. The van der Waals surface area contributed by atoms with Gasteiger partial charge in [-0.05, 0) is 53.6 Å². The third kappa shape index (κ3) is 5.88. The SMILES string of the molecule is CCN(CC)CCCOc1c(Br)ccc2c(C(=O)Oc3ccccc3)c(NC(C)=O)sc12. The molecule has 0 saturated heterocycles. The molecule has 3 rings (SSSR count). The highest BCUT2D eigenvalue weighted by Crippen LogP contribution is 2.44. The second kappa shape index (κ2) is 11.4. The molecular formula is C24H27BrN2O4S. The molecule has 1 heterocycles. The second-order valence-electron chi connectivity index (χ2n) is 7.17.